The quantitative estimate of drug-likeness (QED) is 0.710. The number of fused-ring (bicyclic) bond motifs is 1. The standard InChI is InChI=1S/C19H19FN4O3S/c1-11-12(2)28-18-17(11)19(27)24(10-21-18)9-16(26)23(3)8-15(25)22-14-6-4-13(20)5-7-14/h4-7,10H,8-9H2,1-3H3,(H,22,25). The second-order valence-corrected chi connectivity index (χ2v) is 7.65. The molecule has 0 saturated heterocycles. The van der Waals surface area contributed by atoms with E-state index in [0.29, 0.717) is 15.9 Å². The molecular formula is C19H19FN4O3S. The molecule has 2 heterocycles. The van der Waals surface area contributed by atoms with Crippen LogP contribution in [0.3, 0.4) is 0 Å². The van der Waals surface area contributed by atoms with Crippen molar-refractivity contribution >= 4 is 39.1 Å². The van der Waals surface area contributed by atoms with Crippen LogP contribution in [0.4, 0.5) is 10.1 Å². The summed E-state index contributed by atoms with van der Waals surface area (Å²) in [6.45, 7) is 3.37. The molecule has 0 saturated carbocycles. The number of likely N-dealkylation sites (N-methyl/N-ethyl adjacent to an activating group) is 1. The van der Waals surface area contributed by atoms with Gasteiger partial charge in [0.25, 0.3) is 5.56 Å². The molecule has 0 fully saturated rings. The number of anilines is 1. The molecule has 3 rings (SSSR count). The van der Waals surface area contributed by atoms with E-state index in [9.17, 15) is 18.8 Å². The lowest BCUT2D eigenvalue weighted by Gasteiger charge is -2.17. The fourth-order valence-electron chi connectivity index (χ4n) is 2.69. The molecule has 0 atom stereocenters. The van der Waals surface area contributed by atoms with Gasteiger partial charge in [-0.1, -0.05) is 0 Å². The molecule has 1 aromatic carbocycles. The maximum absolute atomic E-state index is 12.9. The normalized spacial score (nSPS) is 10.9. The van der Waals surface area contributed by atoms with Gasteiger partial charge in [-0.3, -0.25) is 19.0 Å². The molecule has 0 bridgehead atoms. The second-order valence-electron chi connectivity index (χ2n) is 6.45. The number of amides is 2. The summed E-state index contributed by atoms with van der Waals surface area (Å²) in [6.07, 6.45) is 1.35. The van der Waals surface area contributed by atoms with Crippen LogP contribution in [0.5, 0.6) is 0 Å². The van der Waals surface area contributed by atoms with Gasteiger partial charge in [-0.2, -0.15) is 0 Å². The smallest absolute Gasteiger partial charge is 0.262 e. The molecule has 1 N–H and O–H groups in total. The Hall–Kier alpha value is -3.07. The number of aromatic nitrogens is 2. The predicted molar refractivity (Wildman–Crippen MR) is 106 cm³/mol. The molecule has 0 unspecified atom stereocenters. The third kappa shape index (κ3) is 4.09. The molecule has 0 radical (unpaired) electrons. The number of nitrogens with zero attached hydrogens (tertiary/aromatic N) is 3. The number of hydrogen-bond donors (Lipinski definition) is 1. The van der Waals surface area contributed by atoms with Crippen molar-refractivity contribution in [1.82, 2.24) is 14.5 Å². The summed E-state index contributed by atoms with van der Waals surface area (Å²) >= 11 is 1.44. The Kier molecular flexibility index (Phi) is 5.55. The predicted octanol–water partition coefficient (Wildman–Crippen LogP) is 2.31. The average Bonchev–Trinajstić information content (AvgIpc) is 2.94. The number of rotatable bonds is 5. The van der Waals surface area contributed by atoms with Crippen molar-refractivity contribution in [3.05, 3.63) is 57.2 Å². The summed E-state index contributed by atoms with van der Waals surface area (Å²) in [4.78, 5) is 44.3. The topological polar surface area (TPSA) is 84.3 Å². The Morgan fingerprint density at radius 1 is 1.25 bits per heavy atom. The zero-order valence-corrected chi connectivity index (χ0v) is 16.5. The van der Waals surface area contributed by atoms with Crippen molar-refractivity contribution in [2.75, 3.05) is 18.9 Å². The first-order valence-corrected chi connectivity index (χ1v) is 9.32. The first kappa shape index (κ1) is 19.7. The maximum atomic E-state index is 12.9. The van der Waals surface area contributed by atoms with Gasteiger partial charge in [-0.25, -0.2) is 9.37 Å². The van der Waals surface area contributed by atoms with Crippen LogP contribution in [-0.2, 0) is 16.1 Å². The molecule has 2 amide bonds. The van der Waals surface area contributed by atoms with Gasteiger partial charge in [-0.15, -0.1) is 11.3 Å². The van der Waals surface area contributed by atoms with E-state index >= 15 is 0 Å². The van der Waals surface area contributed by atoms with E-state index in [4.69, 9.17) is 0 Å². The third-order valence-electron chi connectivity index (χ3n) is 4.40. The molecule has 0 spiro atoms. The van der Waals surface area contributed by atoms with Gasteiger partial charge < -0.3 is 10.2 Å². The third-order valence-corrected chi connectivity index (χ3v) is 5.51. The van der Waals surface area contributed by atoms with Gasteiger partial charge in [0.15, 0.2) is 0 Å². The summed E-state index contributed by atoms with van der Waals surface area (Å²) < 4.78 is 14.2. The van der Waals surface area contributed by atoms with Gasteiger partial charge in [0.1, 0.15) is 17.2 Å². The Labute approximate surface area is 164 Å². The maximum Gasteiger partial charge on any atom is 0.262 e. The highest BCUT2D eigenvalue weighted by molar-refractivity contribution is 7.18. The Bertz CT molecular complexity index is 1100. The van der Waals surface area contributed by atoms with Crippen molar-refractivity contribution in [3.63, 3.8) is 0 Å². The number of nitrogens with one attached hydrogen (secondary N) is 1. The van der Waals surface area contributed by atoms with E-state index in [1.54, 1.807) is 0 Å². The molecule has 146 valence electrons. The molecule has 0 aliphatic heterocycles. The number of carbonyl (C=O) groups is 2. The van der Waals surface area contributed by atoms with Gasteiger partial charge in [0, 0.05) is 17.6 Å². The van der Waals surface area contributed by atoms with Crippen molar-refractivity contribution < 1.29 is 14.0 Å². The van der Waals surface area contributed by atoms with E-state index in [1.165, 1.54) is 58.4 Å². The number of halogens is 1. The zero-order valence-electron chi connectivity index (χ0n) is 15.7. The van der Waals surface area contributed by atoms with E-state index in [1.807, 2.05) is 13.8 Å². The zero-order chi connectivity index (χ0) is 20.4. The summed E-state index contributed by atoms with van der Waals surface area (Å²) in [7, 11) is 1.48. The fourth-order valence-corrected chi connectivity index (χ4v) is 3.67. The molecule has 9 heteroatoms. The highest BCUT2D eigenvalue weighted by Crippen LogP contribution is 2.25. The first-order valence-electron chi connectivity index (χ1n) is 8.50. The summed E-state index contributed by atoms with van der Waals surface area (Å²) in [5, 5.41) is 3.11. The van der Waals surface area contributed by atoms with E-state index in [2.05, 4.69) is 10.3 Å². The van der Waals surface area contributed by atoms with Gasteiger partial charge in [0.2, 0.25) is 11.8 Å². The average molecular weight is 402 g/mol. The minimum atomic E-state index is -0.423. The van der Waals surface area contributed by atoms with E-state index < -0.39 is 17.6 Å². The number of carbonyl (C=O) groups excluding carboxylic acids is 2. The highest BCUT2D eigenvalue weighted by Gasteiger charge is 2.17. The molecule has 0 aliphatic rings. The van der Waals surface area contributed by atoms with Crippen LogP contribution < -0.4 is 10.9 Å². The van der Waals surface area contributed by atoms with Crippen LogP contribution in [0.1, 0.15) is 10.4 Å². The van der Waals surface area contributed by atoms with Crippen molar-refractivity contribution in [3.8, 4) is 0 Å². The van der Waals surface area contributed by atoms with Gasteiger partial charge in [0.05, 0.1) is 18.3 Å². The van der Waals surface area contributed by atoms with Crippen LogP contribution in [0.2, 0.25) is 0 Å². The van der Waals surface area contributed by atoms with Crippen LogP contribution in [-0.4, -0.2) is 39.9 Å². The highest BCUT2D eigenvalue weighted by atomic mass is 32.1. The first-order chi connectivity index (χ1) is 13.3. The van der Waals surface area contributed by atoms with Crippen molar-refractivity contribution in [2.24, 2.45) is 0 Å². The Morgan fingerprint density at radius 3 is 2.61 bits per heavy atom. The van der Waals surface area contributed by atoms with E-state index in [-0.39, 0.29) is 18.6 Å². The molecule has 7 nitrogen and oxygen atoms in total. The van der Waals surface area contributed by atoms with E-state index in [0.717, 1.165) is 10.4 Å². The fraction of sp³-hybridized carbons (Fsp3) is 0.263. The molecule has 0 aliphatic carbocycles. The van der Waals surface area contributed by atoms with Crippen LogP contribution >= 0.6 is 11.3 Å². The van der Waals surface area contributed by atoms with Crippen molar-refractivity contribution in [2.45, 2.75) is 20.4 Å². The lowest BCUT2D eigenvalue weighted by Crippen LogP contribution is -2.38. The molecular weight excluding hydrogens is 383 g/mol. The van der Waals surface area contributed by atoms with Gasteiger partial charge in [-0.05, 0) is 43.7 Å². The SMILES string of the molecule is Cc1sc2ncn(CC(=O)N(C)CC(=O)Nc3ccc(F)cc3)c(=O)c2c1C. The van der Waals surface area contributed by atoms with Crippen molar-refractivity contribution in [1.29, 1.82) is 0 Å². The summed E-state index contributed by atoms with van der Waals surface area (Å²) in [6, 6.07) is 5.32. The van der Waals surface area contributed by atoms with Gasteiger partial charge >= 0.3 is 0 Å². The second kappa shape index (κ2) is 7.89. The summed E-state index contributed by atoms with van der Waals surface area (Å²) in [5.41, 5.74) is 1.03. The minimum Gasteiger partial charge on any atom is -0.335 e. The minimum absolute atomic E-state index is 0.197. The molecule has 28 heavy (non-hydrogen) atoms. The largest absolute Gasteiger partial charge is 0.335 e. The number of aryl methyl sites for hydroxylation is 2. The lowest BCUT2D eigenvalue weighted by atomic mass is 10.2. The molecule has 3 aromatic rings. The Morgan fingerprint density at radius 2 is 1.93 bits per heavy atom. The molecule has 2 aromatic heterocycles. The summed E-state index contributed by atoms with van der Waals surface area (Å²) in [5.74, 6) is -1.23. The number of benzene rings is 1. The Balaban J connectivity index is 1.67. The lowest BCUT2D eigenvalue weighted by molar-refractivity contribution is -0.133. The monoisotopic (exact) mass is 402 g/mol. The van der Waals surface area contributed by atoms with Crippen LogP contribution in [0.15, 0.2) is 35.4 Å². The number of hydrogen-bond acceptors (Lipinski definition) is 5. The van der Waals surface area contributed by atoms with Crippen LogP contribution in [0.25, 0.3) is 10.2 Å². The van der Waals surface area contributed by atoms with Crippen LogP contribution in [0, 0.1) is 19.7 Å². The number of thiophene rings is 1.